The Balaban J connectivity index is 2.23. The Morgan fingerprint density at radius 1 is 1.40 bits per heavy atom. The van der Waals surface area contributed by atoms with Gasteiger partial charge in [-0.05, 0) is 38.0 Å². The summed E-state index contributed by atoms with van der Waals surface area (Å²) in [7, 11) is 0. The number of esters is 1. The first-order valence-electron chi connectivity index (χ1n) is 6.54. The van der Waals surface area contributed by atoms with Gasteiger partial charge in [0.05, 0.1) is 12.2 Å². The topological polar surface area (TPSA) is 87.1 Å². The number of hydrogen-bond acceptors (Lipinski definition) is 5. The highest BCUT2D eigenvalue weighted by molar-refractivity contribution is 5.99. The fourth-order valence-corrected chi connectivity index (χ4v) is 2.34. The molecular weight excluding hydrogens is 262 g/mol. The summed E-state index contributed by atoms with van der Waals surface area (Å²) in [6, 6.07) is 3.11. The number of ether oxygens (including phenoxy) is 1. The molecule has 1 amide bonds. The Hall–Kier alpha value is -2.24. The van der Waals surface area contributed by atoms with Crippen molar-refractivity contribution in [1.82, 2.24) is 4.90 Å². The smallest absolute Gasteiger partial charge is 0.328 e. The van der Waals surface area contributed by atoms with E-state index in [9.17, 15) is 19.8 Å². The second-order valence-corrected chi connectivity index (χ2v) is 4.61. The average Bonchev–Trinajstić information content (AvgIpc) is 2.90. The molecule has 0 bridgehead atoms. The van der Waals surface area contributed by atoms with Crippen LogP contribution in [0, 0.1) is 0 Å². The van der Waals surface area contributed by atoms with E-state index in [4.69, 9.17) is 4.74 Å². The van der Waals surface area contributed by atoms with Crippen molar-refractivity contribution in [2.24, 2.45) is 0 Å². The Morgan fingerprint density at radius 2 is 2.15 bits per heavy atom. The highest BCUT2D eigenvalue weighted by Crippen LogP contribution is 2.27. The molecule has 0 radical (unpaired) electrons. The first kappa shape index (κ1) is 14.2. The van der Waals surface area contributed by atoms with E-state index in [2.05, 4.69) is 0 Å². The quantitative estimate of drug-likeness (QED) is 0.642. The SMILES string of the molecule is CCOC(=O)C1CCCN1C(=O)c1cc(O)ccc1O. The molecule has 1 aliphatic rings. The van der Waals surface area contributed by atoms with E-state index in [1.807, 2.05) is 0 Å². The molecule has 0 saturated carbocycles. The highest BCUT2D eigenvalue weighted by atomic mass is 16.5. The van der Waals surface area contributed by atoms with Crippen LogP contribution in [0.25, 0.3) is 0 Å². The molecular formula is C14H17NO5. The number of benzene rings is 1. The van der Waals surface area contributed by atoms with Crippen LogP contribution >= 0.6 is 0 Å². The van der Waals surface area contributed by atoms with E-state index in [0.717, 1.165) is 0 Å². The van der Waals surface area contributed by atoms with Crippen molar-refractivity contribution in [2.45, 2.75) is 25.8 Å². The summed E-state index contributed by atoms with van der Waals surface area (Å²) in [5.74, 6) is -1.24. The average molecular weight is 279 g/mol. The van der Waals surface area contributed by atoms with Crippen LogP contribution in [0.4, 0.5) is 0 Å². The first-order chi connectivity index (χ1) is 9.54. The molecule has 1 aromatic rings. The summed E-state index contributed by atoms with van der Waals surface area (Å²) in [5, 5.41) is 19.1. The van der Waals surface area contributed by atoms with Gasteiger partial charge >= 0.3 is 5.97 Å². The van der Waals surface area contributed by atoms with Crippen molar-refractivity contribution >= 4 is 11.9 Å². The molecule has 0 aromatic heterocycles. The number of carbonyl (C=O) groups excluding carboxylic acids is 2. The molecule has 1 fully saturated rings. The normalized spacial score (nSPS) is 18.1. The van der Waals surface area contributed by atoms with Crippen molar-refractivity contribution in [1.29, 1.82) is 0 Å². The molecule has 0 spiro atoms. The minimum Gasteiger partial charge on any atom is -0.508 e. The molecule has 1 heterocycles. The number of likely N-dealkylation sites (tertiary alicyclic amines) is 1. The maximum Gasteiger partial charge on any atom is 0.328 e. The van der Waals surface area contributed by atoms with E-state index >= 15 is 0 Å². The summed E-state index contributed by atoms with van der Waals surface area (Å²) in [6.45, 7) is 2.40. The van der Waals surface area contributed by atoms with Crippen molar-refractivity contribution in [3.05, 3.63) is 23.8 Å². The van der Waals surface area contributed by atoms with Gasteiger partial charge in [-0.15, -0.1) is 0 Å². The second-order valence-electron chi connectivity index (χ2n) is 4.61. The molecule has 108 valence electrons. The lowest BCUT2D eigenvalue weighted by Gasteiger charge is -2.23. The lowest BCUT2D eigenvalue weighted by Crippen LogP contribution is -2.41. The van der Waals surface area contributed by atoms with Crippen molar-refractivity contribution in [2.75, 3.05) is 13.2 Å². The zero-order valence-corrected chi connectivity index (χ0v) is 11.2. The number of rotatable bonds is 3. The van der Waals surface area contributed by atoms with Gasteiger partial charge in [0.1, 0.15) is 17.5 Å². The third-order valence-corrected chi connectivity index (χ3v) is 3.28. The summed E-state index contributed by atoms with van der Waals surface area (Å²) in [4.78, 5) is 25.6. The van der Waals surface area contributed by atoms with Crippen LogP contribution in [0.3, 0.4) is 0 Å². The van der Waals surface area contributed by atoms with Crippen LogP contribution in [0.15, 0.2) is 18.2 Å². The monoisotopic (exact) mass is 279 g/mol. The fourth-order valence-electron chi connectivity index (χ4n) is 2.34. The third-order valence-electron chi connectivity index (χ3n) is 3.28. The first-order valence-corrected chi connectivity index (χ1v) is 6.54. The Kier molecular flexibility index (Phi) is 4.12. The Morgan fingerprint density at radius 3 is 2.85 bits per heavy atom. The maximum atomic E-state index is 12.4. The van der Waals surface area contributed by atoms with Gasteiger partial charge in [0, 0.05) is 6.54 Å². The largest absolute Gasteiger partial charge is 0.508 e. The molecule has 1 atom stereocenters. The van der Waals surface area contributed by atoms with E-state index in [1.165, 1.54) is 23.1 Å². The lowest BCUT2D eigenvalue weighted by atomic mass is 10.1. The van der Waals surface area contributed by atoms with E-state index < -0.39 is 17.9 Å². The number of carbonyl (C=O) groups is 2. The van der Waals surface area contributed by atoms with Crippen LogP contribution in [-0.2, 0) is 9.53 Å². The van der Waals surface area contributed by atoms with E-state index in [-0.39, 0.29) is 23.7 Å². The van der Waals surface area contributed by atoms with E-state index in [0.29, 0.717) is 19.4 Å². The second kappa shape index (κ2) is 5.81. The molecule has 2 rings (SSSR count). The summed E-state index contributed by atoms with van der Waals surface area (Å²) in [5.41, 5.74) is -0.0128. The van der Waals surface area contributed by atoms with Crippen molar-refractivity contribution < 1.29 is 24.5 Å². The van der Waals surface area contributed by atoms with Gasteiger partial charge in [-0.3, -0.25) is 4.79 Å². The zero-order valence-electron chi connectivity index (χ0n) is 11.2. The van der Waals surface area contributed by atoms with Gasteiger partial charge in [0.2, 0.25) is 0 Å². The molecule has 0 aliphatic carbocycles. The molecule has 1 saturated heterocycles. The van der Waals surface area contributed by atoms with Crippen LogP contribution in [0.1, 0.15) is 30.1 Å². The van der Waals surface area contributed by atoms with Gasteiger partial charge in [-0.25, -0.2) is 4.79 Å². The third kappa shape index (κ3) is 2.68. The standard InChI is InChI=1S/C14H17NO5/c1-2-20-14(19)11-4-3-7-15(11)13(18)10-8-9(16)5-6-12(10)17/h5-6,8,11,16-17H,2-4,7H2,1H3. The number of phenols is 2. The van der Waals surface area contributed by atoms with Crippen LogP contribution < -0.4 is 0 Å². The fraction of sp³-hybridized carbons (Fsp3) is 0.429. The molecule has 1 aliphatic heterocycles. The predicted molar refractivity (Wildman–Crippen MR) is 70.5 cm³/mol. The van der Waals surface area contributed by atoms with Gasteiger partial charge in [0.15, 0.2) is 0 Å². The number of amides is 1. The predicted octanol–water partition coefficient (Wildman–Crippen LogP) is 1.27. The van der Waals surface area contributed by atoms with Gasteiger partial charge in [-0.2, -0.15) is 0 Å². The minimum absolute atomic E-state index is 0.0128. The van der Waals surface area contributed by atoms with Gasteiger partial charge < -0.3 is 19.8 Å². The molecule has 20 heavy (non-hydrogen) atoms. The molecule has 1 aromatic carbocycles. The van der Waals surface area contributed by atoms with E-state index in [1.54, 1.807) is 6.92 Å². The molecule has 6 nitrogen and oxygen atoms in total. The lowest BCUT2D eigenvalue weighted by molar-refractivity contribution is -0.147. The number of hydrogen-bond donors (Lipinski definition) is 2. The molecule has 1 unspecified atom stereocenters. The number of nitrogens with zero attached hydrogens (tertiary/aromatic N) is 1. The van der Waals surface area contributed by atoms with Crippen LogP contribution in [-0.4, -0.2) is 46.2 Å². The molecule has 6 heteroatoms. The van der Waals surface area contributed by atoms with Gasteiger partial charge in [0.25, 0.3) is 5.91 Å². The summed E-state index contributed by atoms with van der Waals surface area (Å²) >= 11 is 0. The Labute approximate surface area is 116 Å². The number of phenolic OH excluding ortho intramolecular Hbond substituents is 2. The van der Waals surface area contributed by atoms with Crippen molar-refractivity contribution in [3.63, 3.8) is 0 Å². The van der Waals surface area contributed by atoms with Crippen LogP contribution in [0.2, 0.25) is 0 Å². The number of aromatic hydroxyl groups is 2. The summed E-state index contributed by atoms with van der Waals surface area (Å²) < 4.78 is 4.95. The zero-order chi connectivity index (χ0) is 14.7. The Bertz CT molecular complexity index is 528. The maximum absolute atomic E-state index is 12.4. The molecule has 2 N–H and O–H groups in total. The van der Waals surface area contributed by atoms with Crippen LogP contribution in [0.5, 0.6) is 11.5 Å². The van der Waals surface area contributed by atoms with Crippen molar-refractivity contribution in [3.8, 4) is 11.5 Å². The van der Waals surface area contributed by atoms with Gasteiger partial charge in [-0.1, -0.05) is 0 Å². The minimum atomic E-state index is -0.621. The highest BCUT2D eigenvalue weighted by Gasteiger charge is 2.36. The summed E-state index contributed by atoms with van der Waals surface area (Å²) in [6.07, 6.45) is 1.25.